The van der Waals surface area contributed by atoms with Gasteiger partial charge in [-0.05, 0) is 43.3 Å². The fourth-order valence-corrected chi connectivity index (χ4v) is 2.02. The molecule has 0 aliphatic heterocycles. The van der Waals surface area contributed by atoms with Gasteiger partial charge < -0.3 is 15.8 Å². The molecule has 0 atom stereocenters. The molecule has 5 heteroatoms. The maximum Gasteiger partial charge on any atom is 0.255 e. The maximum absolute atomic E-state index is 12.2. The van der Waals surface area contributed by atoms with Crippen LogP contribution in [0, 0.1) is 11.8 Å². The summed E-state index contributed by atoms with van der Waals surface area (Å²) >= 11 is 0. The molecule has 2 amide bonds. The minimum Gasteiger partial charge on any atom is -0.493 e. The molecule has 5 nitrogen and oxygen atoms in total. The molecule has 0 aliphatic carbocycles. The number of nitrogens with two attached hydrogens (primary N) is 1. The van der Waals surface area contributed by atoms with Crippen molar-refractivity contribution in [3.8, 4) is 17.6 Å². The van der Waals surface area contributed by atoms with Gasteiger partial charge in [0.25, 0.3) is 5.91 Å². The highest BCUT2D eigenvalue weighted by molar-refractivity contribution is 5.97. The summed E-state index contributed by atoms with van der Waals surface area (Å²) in [6, 6.07) is 13.7. The van der Waals surface area contributed by atoms with Gasteiger partial charge in [-0.3, -0.25) is 9.59 Å². The van der Waals surface area contributed by atoms with Gasteiger partial charge in [0, 0.05) is 11.1 Å². The summed E-state index contributed by atoms with van der Waals surface area (Å²) in [5.74, 6) is 5.61. The lowest BCUT2D eigenvalue weighted by Gasteiger charge is -2.08. The minimum atomic E-state index is -0.477. The normalized spacial score (nSPS) is 9.54. The van der Waals surface area contributed by atoms with Gasteiger partial charge in [0.15, 0.2) is 0 Å². The van der Waals surface area contributed by atoms with Gasteiger partial charge in [-0.1, -0.05) is 24.0 Å². The van der Waals surface area contributed by atoms with Crippen LogP contribution in [0.3, 0.4) is 0 Å². The monoisotopic (exact) mass is 322 g/mol. The van der Waals surface area contributed by atoms with Crippen LogP contribution in [-0.4, -0.2) is 25.0 Å². The number of benzene rings is 2. The molecule has 0 aromatic heterocycles. The van der Waals surface area contributed by atoms with E-state index in [4.69, 9.17) is 10.5 Å². The molecule has 0 aliphatic rings. The Bertz CT molecular complexity index is 786. The second kappa shape index (κ2) is 8.39. The molecule has 0 saturated carbocycles. The Morgan fingerprint density at radius 1 is 1.12 bits per heavy atom. The van der Waals surface area contributed by atoms with Crippen molar-refractivity contribution in [2.45, 2.75) is 6.92 Å². The molecule has 0 heterocycles. The predicted octanol–water partition coefficient (Wildman–Crippen LogP) is 1.97. The second-order valence-electron chi connectivity index (χ2n) is 4.86. The molecule has 2 rings (SSSR count). The average Bonchev–Trinajstić information content (AvgIpc) is 2.59. The molecule has 0 unspecified atom stereocenters. The molecule has 0 bridgehead atoms. The number of hydrogen-bond acceptors (Lipinski definition) is 3. The Morgan fingerprint density at radius 2 is 1.83 bits per heavy atom. The fourth-order valence-electron chi connectivity index (χ4n) is 2.02. The quantitative estimate of drug-likeness (QED) is 0.826. The molecular formula is C19H18N2O3. The summed E-state index contributed by atoms with van der Waals surface area (Å²) in [6.45, 7) is 2.56. The van der Waals surface area contributed by atoms with Crippen molar-refractivity contribution in [2.75, 3.05) is 13.2 Å². The summed E-state index contributed by atoms with van der Waals surface area (Å²) in [5.41, 5.74) is 6.83. The number of carbonyl (C=O) groups excluding carboxylic acids is 2. The van der Waals surface area contributed by atoms with E-state index in [1.165, 1.54) is 0 Å². The van der Waals surface area contributed by atoms with Crippen LogP contribution in [0.2, 0.25) is 0 Å². The predicted molar refractivity (Wildman–Crippen MR) is 91.8 cm³/mol. The van der Waals surface area contributed by atoms with Crippen molar-refractivity contribution in [3.05, 3.63) is 65.2 Å². The number of amides is 2. The SMILES string of the molecule is CCOc1ccccc1C(=O)NCC#Cc1ccc(C(N)=O)cc1. The highest BCUT2D eigenvalue weighted by Gasteiger charge is 2.10. The van der Waals surface area contributed by atoms with Crippen LogP contribution in [-0.2, 0) is 0 Å². The van der Waals surface area contributed by atoms with Crippen molar-refractivity contribution in [3.63, 3.8) is 0 Å². The Morgan fingerprint density at radius 3 is 2.50 bits per heavy atom. The van der Waals surface area contributed by atoms with Crippen molar-refractivity contribution >= 4 is 11.8 Å². The number of para-hydroxylation sites is 1. The van der Waals surface area contributed by atoms with Crippen molar-refractivity contribution in [1.29, 1.82) is 0 Å². The summed E-state index contributed by atoms with van der Waals surface area (Å²) in [5, 5.41) is 2.73. The Hall–Kier alpha value is -3.26. The zero-order valence-electron chi connectivity index (χ0n) is 13.3. The lowest BCUT2D eigenvalue weighted by Crippen LogP contribution is -2.24. The number of ether oxygens (including phenoxy) is 1. The van der Waals surface area contributed by atoms with Crippen LogP contribution in [0.5, 0.6) is 5.75 Å². The first kappa shape index (κ1) is 17.1. The molecule has 0 radical (unpaired) electrons. The summed E-state index contributed by atoms with van der Waals surface area (Å²) in [6.07, 6.45) is 0. The smallest absolute Gasteiger partial charge is 0.255 e. The van der Waals surface area contributed by atoms with Crippen LogP contribution in [0.25, 0.3) is 0 Å². The van der Waals surface area contributed by atoms with Crippen molar-refractivity contribution < 1.29 is 14.3 Å². The number of nitrogens with one attached hydrogen (secondary N) is 1. The lowest BCUT2D eigenvalue weighted by molar-refractivity contribution is 0.0953. The summed E-state index contributed by atoms with van der Waals surface area (Å²) < 4.78 is 5.43. The Kier molecular flexibility index (Phi) is 5.98. The van der Waals surface area contributed by atoms with Gasteiger partial charge in [0.2, 0.25) is 5.91 Å². The highest BCUT2D eigenvalue weighted by Crippen LogP contribution is 2.17. The summed E-state index contributed by atoms with van der Waals surface area (Å²) in [7, 11) is 0. The lowest BCUT2D eigenvalue weighted by atomic mass is 10.1. The van der Waals surface area contributed by atoms with Crippen LogP contribution in [0.1, 0.15) is 33.2 Å². The van der Waals surface area contributed by atoms with E-state index in [0.717, 1.165) is 5.56 Å². The zero-order chi connectivity index (χ0) is 17.4. The standard InChI is InChI=1S/C19H18N2O3/c1-2-24-17-8-4-3-7-16(17)19(23)21-13-5-6-14-9-11-15(12-10-14)18(20)22/h3-4,7-12H,2,13H2,1H3,(H2,20,22)(H,21,23). The fraction of sp³-hybridized carbons (Fsp3) is 0.158. The molecule has 24 heavy (non-hydrogen) atoms. The average molecular weight is 322 g/mol. The van der Waals surface area contributed by atoms with Gasteiger partial charge in [-0.25, -0.2) is 0 Å². The molecule has 2 aromatic rings. The Balaban J connectivity index is 1.95. The maximum atomic E-state index is 12.2. The first-order valence-electron chi connectivity index (χ1n) is 7.50. The first-order chi connectivity index (χ1) is 11.6. The van der Waals surface area contributed by atoms with E-state index in [-0.39, 0.29) is 12.5 Å². The molecule has 0 fully saturated rings. The van der Waals surface area contributed by atoms with Gasteiger partial charge in [0.1, 0.15) is 5.75 Å². The molecule has 2 aromatic carbocycles. The third kappa shape index (κ3) is 4.62. The number of hydrogen-bond donors (Lipinski definition) is 2. The molecular weight excluding hydrogens is 304 g/mol. The van der Waals surface area contributed by atoms with E-state index in [9.17, 15) is 9.59 Å². The van der Waals surface area contributed by atoms with Gasteiger partial charge in [-0.2, -0.15) is 0 Å². The number of rotatable bonds is 5. The van der Waals surface area contributed by atoms with Gasteiger partial charge >= 0.3 is 0 Å². The molecule has 3 N–H and O–H groups in total. The van der Waals surface area contributed by atoms with Crippen molar-refractivity contribution in [2.24, 2.45) is 5.73 Å². The number of carbonyl (C=O) groups is 2. The van der Waals surface area contributed by atoms with Gasteiger partial charge in [-0.15, -0.1) is 0 Å². The van der Waals surface area contributed by atoms with Crippen LogP contribution in [0.4, 0.5) is 0 Å². The van der Waals surface area contributed by atoms with Crippen LogP contribution >= 0.6 is 0 Å². The summed E-state index contributed by atoms with van der Waals surface area (Å²) in [4.78, 5) is 23.1. The highest BCUT2D eigenvalue weighted by atomic mass is 16.5. The van der Waals surface area contributed by atoms with E-state index in [2.05, 4.69) is 17.2 Å². The topological polar surface area (TPSA) is 81.4 Å². The van der Waals surface area contributed by atoms with E-state index in [0.29, 0.717) is 23.5 Å². The van der Waals surface area contributed by atoms with Crippen LogP contribution in [0.15, 0.2) is 48.5 Å². The molecule has 0 spiro atoms. The zero-order valence-corrected chi connectivity index (χ0v) is 13.3. The van der Waals surface area contributed by atoms with Crippen LogP contribution < -0.4 is 15.8 Å². The Labute approximate surface area is 140 Å². The molecule has 122 valence electrons. The van der Waals surface area contributed by atoms with E-state index < -0.39 is 5.91 Å². The third-order valence-corrected chi connectivity index (χ3v) is 3.17. The second-order valence-corrected chi connectivity index (χ2v) is 4.86. The van der Waals surface area contributed by atoms with E-state index in [1.807, 2.05) is 13.0 Å². The first-order valence-corrected chi connectivity index (χ1v) is 7.50. The van der Waals surface area contributed by atoms with Gasteiger partial charge in [0.05, 0.1) is 18.7 Å². The number of primary amides is 1. The minimum absolute atomic E-state index is 0.205. The molecule has 0 saturated heterocycles. The third-order valence-electron chi connectivity index (χ3n) is 3.17. The van der Waals surface area contributed by atoms with Crippen molar-refractivity contribution in [1.82, 2.24) is 5.32 Å². The largest absolute Gasteiger partial charge is 0.493 e. The van der Waals surface area contributed by atoms with E-state index >= 15 is 0 Å². The van der Waals surface area contributed by atoms with E-state index in [1.54, 1.807) is 42.5 Å².